The lowest BCUT2D eigenvalue weighted by molar-refractivity contribution is 0.381. The SMILES string of the molecule is C=C(C)C1CCC(C)=C[C@H]1c1c(O)cc(CCCCC)cc1OC. The molecule has 0 heterocycles. The van der Waals surface area contributed by atoms with Crippen molar-refractivity contribution in [2.24, 2.45) is 5.92 Å². The zero-order chi connectivity index (χ0) is 17.7. The number of aromatic hydroxyl groups is 1. The minimum Gasteiger partial charge on any atom is -0.507 e. The van der Waals surface area contributed by atoms with Crippen molar-refractivity contribution in [3.05, 3.63) is 47.1 Å². The van der Waals surface area contributed by atoms with E-state index < -0.39 is 0 Å². The number of aryl methyl sites for hydroxylation is 1. The molecular formula is C22H32O2. The Morgan fingerprint density at radius 3 is 2.71 bits per heavy atom. The molecule has 0 aromatic heterocycles. The van der Waals surface area contributed by atoms with Crippen molar-refractivity contribution >= 4 is 0 Å². The van der Waals surface area contributed by atoms with Gasteiger partial charge in [0.05, 0.1) is 7.11 Å². The van der Waals surface area contributed by atoms with E-state index in [1.54, 1.807) is 7.11 Å². The van der Waals surface area contributed by atoms with E-state index in [0.717, 1.165) is 42.6 Å². The highest BCUT2D eigenvalue weighted by molar-refractivity contribution is 5.52. The van der Waals surface area contributed by atoms with Crippen molar-refractivity contribution in [2.75, 3.05) is 7.11 Å². The summed E-state index contributed by atoms with van der Waals surface area (Å²) >= 11 is 0. The van der Waals surface area contributed by atoms with Gasteiger partial charge >= 0.3 is 0 Å². The summed E-state index contributed by atoms with van der Waals surface area (Å²) in [5.41, 5.74) is 4.64. The fourth-order valence-electron chi connectivity index (χ4n) is 3.80. The lowest BCUT2D eigenvalue weighted by Crippen LogP contribution is -2.17. The largest absolute Gasteiger partial charge is 0.507 e. The maximum absolute atomic E-state index is 10.8. The third-order valence-electron chi connectivity index (χ3n) is 5.18. The molecule has 0 aliphatic heterocycles. The zero-order valence-corrected chi connectivity index (χ0v) is 15.7. The summed E-state index contributed by atoms with van der Waals surface area (Å²) in [7, 11) is 1.70. The van der Waals surface area contributed by atoms with Crippen LogP contribution in [0.2, 0.25) is 0 Å². The number of phenols is 1. The topological polar surface area (TPSA) is 29.5 Å². The summed E-state index contributed by atoms with van der Waals surface area (Å²) in [5, 5.41) is 10.8. The van der Waals surface area contributed by atoms with E-state index in [-0.39, 0.29) is 5.92 Å². The van der Waals surface area contributed by atoms with Gasteiger partial charge in [0.1, 0.15) is 11.5 Å². The normalized spacial score (nSPS) is 20.6. The van der Waals surface area contributed by atoms with Crippen molar-refractivity contribution in [3.8, 4) is 11.5 Å². The minimum absolute atomic E-state index is 0.149. The van der Waals surface area contributed by atoms with Crippen LogP contribution in [0.5, 0.6) is 11.5 Å². The Bertz CT molecular complexity index is 613. The monoisotopic (exact) mass is 328 g/mol. The van der Waals surface area contributed by atoms with Crippen LogP contribution in [0.3, 0.4) is 0 Å². The second kappa shape index (κ2) is 8.41. The minimum atomic E-state index is 0.149. The molecule has 1 aromatic rings. The molecule has 24 heavy (non-hydrogen) atoms. The molecule has 1 aliphatic rings. The fourth-order valence-corrected chi connectivity index (χ4v) is 3.80. The molecule has 0 fully saturated rings. The van der Waals surface area contributed by atoms with Gasteiger partial charge in [-0.1, -0.05) is 43.6 Å². The first-order valence-electron chi connectivity index (χ1n) is 9.20. The number of phenolic OH excluding ortho intramolecular Hbond substituents is 1. The molecule has 0 amide bonds. The third kappa shape index (κ3) is 4.23. The molecule has 0 saturated carbocycles. The van der Waals surface area contributed by atoms with Crippen molar-refractivity contribution in [1.29, 1.82) is 0 Å². The maximum Gasteiger partial charge on any atom is 0.126 e. The highest BCUT2D eigenvalue weighted by atomic mass is 16.5. The van der Waals surface area contributed by atoms with Crippen LogP contribution in [0, 0.1) is 5.92 Å². The van der Waals surface area contributed by atoms with Gasteiger partial charge in [-0.05, 0) is 63.1 Å². The first kappa shape index (κ1) is 18.6. The first-order valence-corrected chi connectivity index (χ1v) is 9.20. The number of allylic oxidation sites excluding steroid dienone is 3. The Labute approximate surface area is 147 Å². The number of unbranched alkanes of at least 4 members (excludes halogenated alkanes) is 2. The Kier molecular flexibility index (Phi) is 6.53. The van der Waals surface area contributed by atoms with E-state index in [4.69, 9.17) is 4.74 Å². The molecule has 2 rings (SSSR count). The Morgan fingerprint density at radius 1 is 1.33 bits per heavy atom. The second-order valence-electron chi connectivity index (χ2n) is 7.22. The summed E-state index contributed by atoms with van der Waals surface area (Å²) in [6, 6.07) is 4.04. The molecule has 0 saturated heterocycles. The van der Waals surface area contributed by atoms with Gasteiger partial charge in [0.25, 0.3) is 0 Å². The third-order valence-corrected chi connectivity index (χ3v) is 5.18. The first-order chi connectivity index (χ1) is 11.5. The van der Waals surface area contributed by atoms with E-state index in [0.29, 0.717) is 11.7 Å². The number of hydrogen-bond donors (Lipinski definition) is 1. The number of methoxy groups -OCH3 is 1. The molecule has 0 spiro atoms. The lowest BCUT2D eigenvalue weighted by atomic mass is 9.73. The highest BCUT2D eigenvalue weighted by Gasteiger charge is 2.30. The van der Waals surface area contributed by atoms with Gasteiger partial charge in [-0.2, -0.15) is 0 Å². The van der Waals surface area contributed by atoms with Gasteiger partial charge in [0.15, 0.2) is 0 Å². The van der Waals surface area contributed by atoms with Gasteiger partial charge in [0.2, 0.25) is 0 Å². The molecular weight excluding hydrogens is 296 g/mol. The number of rotatable bonds is 7. The van der Waals surface area contributed by atoms with Crippen molar-refractivity contribution in [1.82, 2.24) is 0 Å². The standard InChI is InChI=1S/C22H32O2/c1-6-7-8-9-17-13-20(23)22(21(14-17)24-5)19-12-16(4)10-11-18(19)15(2)3/h12-14,18-19,23H,2,6-11H2,1,3-5H3/t18?,19-/m1/s1. The van der Waals surface area contributed by atoms with Gasteiger partial charge in [-0.3, -0.25) is 0 Å². The highest BCUT2D eigenvalue weighted by Crippen LogP contribution is 2.46. The van der Waals surface area contributed by atoms with Crippen LogP contribution in [-0.2, 0) is 6.42 Å². The van der Waals surface area contributed by atoms with Crippen LogP contribution in [-0.4, -0.2) is 12.2 Å². The lowest BCUT2D eigenvalue weighted by Gasteiger charge is -2.32. The van der Waals surface area contributed by atoms with Gasteiger partial charge in [-0.25, -0.2) is 0 Å². The molecule has 1 aromatic carbocycles. The summed E-state index contributed by atoms with van der Waals surface area (Å²) in [6.45, 7) is 10.6. The average Bonchev–Trinajstić information content (AvgIpc) is 2.54. The number of ether oxygens (including phenoxy) is 1. The van der Waals surface area contributed by atoms with E-state index in [9.17, 15) is 5.11 Å². The Hall–Kier alpha value is -1.70. The molecule has 2 atom stereocenters. The summed E-state index contributed by atoms with van der Waals surface area (Å²) in [6.07, 6.45) is 9.03. The van der Waals surface area contributed by atoms with Crippen LogP contribution in [0.4, 0.5) is 0 Å². The Balaban J connectivity index is 2.40. The van der Waals surface area contributed by atoms with Crippen LogP contribution < -0.4 is 4.74 Å². The molecule has 2 heteroatoms. The molecule has 1 aliphatic carbocycles. The van der Waals surface area contributed by atoms with Crippen molar-refractivity contribution in [2.45, 2.75) is 65.2 Å². The van der Waals surface area contributed by atoms with E-state index in [1.165, 1.54) is 24.0 Å². The van der Waals surface area contributed by atoms with E-state index in [1.807, 2.05) is 6.07 Å². The molecule has 0 radical (unpaired) electrons. The van der Waals surface area contributed by atoms with Crippen LogP contribution in [0.15, 0.2) is 35.9 Å². The van der Waals surface area contributed by atoms with Gasteiger partial charge < -0.3 is 9.84 Å². The molecule has 1 N–H and O–H groups in total. The Morgan fingerprint density at radius 2 is 2.08 bits per heavy atom. The summed E-state index contributed by atoms with van der Waals surface area (Å²) in [4.78, 5) is 0. The molecule has 2 nitrogen and oxygen atoms in total. The summed E-state index contributed by atoms with van der Waals surface area (Å²) < 4.78 is 5.67. The fraction of sp³-hybridized carbons (Fsp3) is 0.545. The number of hydrogen-bond acceptors (Lipinski definition) is 2. The van der Waals surface area contributed by atoms with Crippen molar-refractivity contribution in [3.63, 3.8) is 0 Å². The molecule has 132 valence electrons. The van der Waals surface area contributed by atoms with Crippen molar-refractivity contribution < 1.29 is 9.84 Å². The predicted octanol–water partition coefficient (Wildman–Crippen LogP) is 6.15. The van der Waals surface area contributed by atoms with E-state index in [2.05, 4.69) is 39.5 Å². The molecule has 1 unspecified atom stereocenters. The van der Waals surface area contributed by atoms with Crippen LogP contribution in [0.1, 0.15) is 69.9 Å². The smallest absolute Gasteiger partial charge is 0.126 e. The van der Waals surface area contributed by atoms with Gasteiger partial charge in [-0.15, -0.1) is 0 Å². The van der Waals surface area contributed by atoms with Crippen LogP contribution in [0.25, 0.3) is 0 Å². The quantitative estimate of drug-likeness (QED) is 0.480. The predicted molar refractivity (Wildman–Crippen MR) is 102 cm³/mol. The number of benzene rings is 1. The zero-order valence-electron chi connectivity index (χ0n) is 15.7. The summed E-state index contributed by atoms with van der Waals surface area (Å²) in [5.74, 6) is 1.68. The second-order valence-corrected chi connectivity index (χ2v) is 7.22. The van der Waals surface area contributed by atoms with E-state index >= 15 is 0 Å². The average molecular weight is 328 g/mol. The van der Waals surface area contributed by atoms with Gasteiger partial charge in [0, 0.05) is 11.5 Å². The maximum atomic E-state index is 10.8. The molecule has 0 bridgehead atoms. The van der Waals surface area contributed by atoms with Crippen LogP contribution >= 0.6 is 0 Å².